The highest BCUT2D eigenvalue weighted by Crippen LogP contribution is 2.32. The van der Waals surface area contributed by atoms with Gasteiger partial charge in [0.1, 0.15) is 5.82 Å². The maximum Gasteiger partial charge on any atom is 0.174 e. The van der Waals surface area contributed by atoms with Crippen molar-refractivity contribution in [3.05, 3.63) is 30.1 Å². The standard InChI is InChI=1S/C18H27FN2S2/c1-3-5-7-14(4-2)12-17-21(10-11-23-17)18(22)20-16-9-6-8-15(19)13-16/h6,8-9,13-14,17H,3-5,7,10-12H2,1-2H3,(H,20,22). The van der Waals surface area contributed by atoms with E-state index >= 15 is 0 Å². The Hall–Kier alpha value is -0.810. The molecule has 1 heterocycles. The molecular formula is C18H27FN2S2. The zero-order valence-corrected chi connectivity index (χ0v) is 15.7. The van der Waals surface area contributed by atoms with Gasteiger partial charge in [-0.3, -0.25) is 0 Å². The molecule has 1 fully saturated rings. The molecule has 2 nitrogen and oxygen atoms in total. The molecule has 23 heavy (non-hydrogen) atoms. The minimum Gasteiger partial charge on any atom is -0.336 e. The maximum absolute atomic E-state index is 13.3. The lowest BCUT2D eigenvalue weighted by molar-refractivity contribution is 0.339. The van der Waals surface area contributed by atoms with Gasteiger partial charge in [0.15, 0.2) is 5.11 Å². The van der Waals surface area contributed by atoms with Crippen molar-refractivity contribution in [2.45, 2.75) is 51.3 Å². The van der Waals surface area contributed by atoms with E-state index in [0.29, 0.717) is 5.37 Å². The lowest BCUT2D eigenvalue weighted by atomic mass is 9.95. The van der Waals surface area contributed by atoms with Gasteiger partial charge >= 0.3 is 0 Å². The van der Waals surface area contributed by atoms with Crippen molar-refractivity contribution in [3.63, 3.8) is 0 Å². The van der Waals surface area contributed by atoms with Crippen LogP contribution in [0.5, 0.6) is 0 Å². The molecule has 1 saturated heterocycles. The SMILES string of the molecule is CCCCC(CC)CC1SCCN1C(=S)Nc1cccc(F)c1. The fraction of sp³-hybridized carbons (Fsp3) is 0.611. The summed E-state index contributed by atoms with van der Waals surface area (Å²) < 4.78 is 13.3. The van der Waals surface area contributed by atoms with E-state index in [1.807, 2.05) is 17.8 Å². The van der Waals surface area contributed by atoms with Crippen LogP contribution in [0.25, 0.3) is 0 Å². The van der Waals surface area contributed by atoms with Crippen LogP contribution in [0, 0.1) is 11.7 Å². The van der Waals surface area contributed by atoms with Gasteiger partial charge in [-0.25, -0.2) is 4.39 Å². The maximum atomic E-state index is 13.3. The summed E-state index contributed by atoms with van der Waals surface area (Å²) in [5, 5.41) is 4.36. The predicted octanol–water partition coefficient (Wildman–Crippen LogP) is 5.50. The van der Waals surface area contributed by atoms with Crippen LogP contribution < -0.4 is 5.32 Å². The van der Waals surface area contributed by atoms with Crippen LogP contribution in [-0.2, 0) is 0 Å². The molecule has 2 rings (SSSR count). The summed E-state index contributed by atoms with van der Waals surface area (Å²) in [6.07, 6.45) is 6.29. The second-order valence-corrected chi connectivity index (χ2v) is 7.78. The average Bonchev–Trinajstić information content (AvgIpc) is 2.99. The van der Waals surface area contributed by atoms with Crippen LogP contribution >= 0.6 is 24.0 Å². The van der Waals surface area contributed by atoms with E-state index in [9.17, 15) is 4.39 Å². The van der Waals surface area contributed by atoms with E-state index in [2.05, 4.69) is 24.1 Å². The van der Waals surface area contributed by atoms with Crippen molar-refractivity contribution in [3.8, 4) is 0 Å². The smallest absolute Gasteiger partial charge is 0.174 e. The van der Waals surface area contributed by atoms with Crippen LogP contribution in [0.15, 0.2) is 24.3 Å². The number of hydrogen-bond acceptors (Lipinski definition) is 2. The molecule has 5 heteroatoms. The summed E-state index contributed by atoms with van der Waals surface area (Å²) in [6.45, 7) is 5.51. The molecule has 0 spiro atoms. The van der Waals surface area contributed by atoms with E-state index in [1.165, 1.54) is 44.2 Å². The van der Waals surface area contributed by atoms with Gasteiger partial charge in [-0.1, -0.05) is 45.6 Å². The third-order valence-electron chi connectivity index (χ3n) is 4.41. The molecule has 0 bridgehead atoms. The number of halogens is 1. The Kier molecular flexibility index (Phi) is 7.63. The van der Waals surface area contributed by atoms with Crippen LogP contribution in [0.4, 0.5) is 10.1 Å². The van der Waals surface area contributed by atoms with E-state index in [-0.39, 0.29) is 5.82 Å². The molecule has 0 amide bonds. The number of benzene rings is 1. The average molecular weight is 355 g/mol. The van der Waals surface area contributed by atoms with Gasteiger partial charge < -0.3 is 10.2 Å². The summed E-state index contributed by atoms with van der Waals surface area (Å²) in [5.41, 5.74) is 0.726. The van der Waals surface area contributed by atoms with Crippen LogP contribution in [-0.4, -0.2) is 27.7 Å². The van der Waals surface area contributed by atoms with Crippen molar-refractivity contribution in [2.24, 2.45) is 5.92 Å². The van der Waals surface area contributed by atoms with Crippen molar-refractivity contribution in [1.29, 1.82) is 0 Å². The van der Waals surface area contributed by atoms with E-state index in [4.69, 9.17) is 12.2 Å². The first kappa shape index (κ1) is 18.5. The zero-order chi connectivity index (χ0) is 16.7. The third kappa shape index (κ3) is 5.64. The summed E-state index contributed by atoms with van der Waals surface area (Å²) >= 11 is 7.57. The number of rotatable bonds is 7. The normalized spacial score (nSPS) is 18.9. The Morgan fingerprint density at radius 3 is 3.00 bits per heavy atom. The first-order valence-electron chi connectivity index (χ1n) is 8.58. The van der Waals surface area contributed by atoms with Crippen molar-refractivity contribution < 1.29 is 4.39 Å². The third-order valence-corrected chi connectivity index (χ3v) is 5.99. The second kappa shape index (κ2) is 9.48. The van der Waals surface area contributed by atoms with Crippen molar-refractivity contribution in [1.82, 2.24) is 4.90 Å². The molecule has 2 atom stereocenters. The Morgan fingerprint density at radius 2 is 2.30 bits per heavy atom. The lowest BCUT2D eigenvalue weighted by Crippen LogP contribution is -2.38. The summed E-state index contributed by atoms with van der Waals surface area (Å²) in [5.74, 6) is 1.64. The molecule has 0 saturated carbocycles. The Morgan fingerprint density at radius 1 is 1.48 bits per heavy atom. The highest BCUT2D eigenvalue weighted by atomic mass is 32.2. The molecule has 1 aliphatic rings. The number of hydrogen-bond donors (Lipinski definition) is 1. The first-order valence-corrected chi connectivity index (χ1v) is 10.0. The zero-order valence-electron chi connectivity index (χ0n) is 14.1. The number of nitrogens with zero attached hydrogens (tertiary/aromatic N) is 1. The molecule has 2 unspecified atom stereocenters. The molecule has 0 aromatic heterocycles. The number of thiocarbonyl (C=S) groups is 1. The molecule has 128 valence electrons. The summed E-state index contributed by atoms with van der Waals surface area (Å²) in [7, 11) is 0. The molecular weight excluding hydrogens is 327 g/mol. The summed E-state index contributed by atoms with van der Waals surface area (Å²) in [6, 6.07) is 6.49. The Balaban J connectivity index is 1.93. The molecule has 1 N–H and O–H groups in total. The number of nitrogens with one attached hydrogen (secondary N) is 1. The topological polar surface area (TPSA) is 15.3 Å². The van der Waals surface area contributed by atoms with Gasteiger partial charge in [-0.15, -0.1) is 11.8 Å². The predicted molar refractivity (Wildman–Crippen MR) is 103 cm³/mol. The van der Waals surface area contributed by atoms with Gasteiger partial charge in [0, 0.05) is 18.0 Å². The Bertz CT molecular complexity index is 510. The van der Waals surface area contributed by atoms with Gasteiger partial charge in [-0.05, 0) is 42.8 Å². The van der Waals surface area contributed by atoms with Crippen LogP contribution in [0.1, 0.15) is 46.0 Å². The molecule has 1 aromatic carbocycles. The number of anilines is 1. The van der Waals surface area contributed by atoms with E-state index in [0.717, 1.165) is 29.0 Å². The minimum atomic E-state index is -0.240. The summed E-state index contributed by atoms with van der Waals surface area (Å²) in [4.78, 5) is 2.28. The van der Waals surface area contributed by atoms with E-state index < -0.39 is 0 Å². The second-order valence-electron chi connectivity index (χ2n) is 6.11. The van der Waals surface area contributed by atoms with Gasteiger partial charge in [0.2, 0.25) is 0 Å². The number of unbranched alkanes of at least 4 members (excludes halogenated alkanes) is 1. The van der Waals surface area contributed by atoms with Gasteiger partial charge in [0.05, 0.1) is 5.37 Å². The Labute approximate surface area is 149 Å². The fourth-order valence-corrected chi connectivity index (χ4v) is 4.75. The highest BCUT2D eigenvalue weighted by Gasteiger charge is 2.29. The molecule has 1 aliphatic heterocycles. The van der Waals surface area contributed by atoms with Gasteiger partial charge in [0.25, 0.3) is 0 Å². The molecule has 1 aromatic rings. The largest absolute Gasteiger partial charge is 0.336 e. The van der Waals surface area contributed by atoms with Crippen LogP contribution in [0.3, 0.4) is 0 Å². The van der Waals surface area contributed by atoms with Crippen molar-refractivity contribution in [2.75, 3.05) is 17.6 Å². The molecule has 0 radical (unpaired) electrons. The number of thioether (sulfide) groups is 1. The fourth-order valence-electron chi connectivity index (χ4n) is 2.98. The van der Waals surface area contributed by atoms with Crippen LogP contribution in [0.2, 0.25) is 0 Å². The van der Waals surface area contributed by atoms with Gasteiger partial charge in [-0.2, -0.15) is 0 Å². The molecule has 0 aliphatic carbocycles. The lowest BCUT2D eigenvalue weighted by Gasteiger charge is -2.29. The monoisotopic (exact) mass is 354 g/mol. The highest BCUT2D eigenvalue weighted by molar-refractivity contribution is 8.00. The van der Waals surface area contributed by atoms with Crippen molar-refractivity contribution >= 4 is 34.8 Å². The quantitative estimate of drug-likeness (QED) is 0.650. The first-order chi connectivity index (χ1) is 11.1. The minimum absolute atomic E-state index is 0.240. The van der Waals surface area contributed by atoms with E-state index in [1.54, 1.807) is 6.07 Å².